The monoisotopic (exact) mass is 591 g/mol. The molecule has 2 aromatic carbocycles. The van der Waals surface area contributed by atoms with Crippen LogP contribution in [-0.2, 0) is 26.2 Å². The fourth-order valence-electron chi connectivity index (χ4n) is 3.66. The van der Waals surface area contributed by atoms with Gasteiger partial charge in [0, 0.05) is 17.1 Å². The number of carbonyl (C=O) groups excluding carboxylic acids is 2. The number of methoxy groups -OCH3 is 1. The Hall–Kier alpha value is -2.20. The molecule has 1 atom stereocenters. The average molecular weight is 593 g/mol. The summed E-state index contributed by atoms with van der Waals surface area (Å²) in [6.45, 7) is 6.68. The molecule has 2 rings (SSSR count). The molecule has 2 amide bonds. The standard InChI is InChI=1S/C25H32Cl3N3O5S/c1-7-20(24(33)29-25(2,3)4)30(14-16-8-10-18(27)19(28)12-16)23(32)15-31(37(6,34)35)21-13-17(26)9-11-22(21)36-5/h8-13,20H,7,14-15H2,1-6H3,(H,29,33)/t20-/m0/s1. The van der Waals surface area contributed by atoms with Gasteiger partial charge in [-0.15, -0.1) is 0 Å². The molecule has 12 heteroatoms. The number of amides is 2. The molecule has 0 saturated heterocycles. The van der Waals surface area contributed by atoms with Gasteiger partial charge in [0.05, 0.1) is 29.1 Å². The summed E-state index contributed by atoms with van der Waals surface area (Å²) < 4.78 is 31.9. The van der Waals surface area contributed by atoms with E-state index in [1.54, 1.807) is 31.2 Å². The van der Waals surface area contributed by atoms with E-state index in [4.69, 9.17) is 39.5 Å². The fourth-order valence-corrected chi connectivity index (χ4v) is 4.99. The Morgan fingerprint density at radius 1 is 1.05 bits per heavy atom. The minimum absolute atomic E-state index is 0.00389. The van der Waals surface area contributed by atoms with Crippen LogP contribution in [0.3, 0.4) is 0 Å². The van der Waals surface area contributed by atoms with Gasteiger partial charge in [-0.2, -0.15) is 0 Å². The number of anilines is 1. The number of nitrogens with one attached hydrogen (secondary N) is 1. The maximum atomic E-state index is 13.8. The normalized spacial score (nSPS) is 12.6. The maximum Gasteiger partial charge on any atom is 0.244 e. The first-order valence-corrected chi connectivity index (χ1v) is 14.4. The summed E-state index contributed by atoms with van der Waals surface area (Å²) >= 11 is 18.4. The lowest BCUT2D eigenvalue weighted by Crippen LogP contribution is -2.55. The van der Waals surface area contributed by atoms with Crippen molar-refractivity contribution in [3.63, 3.8) is 0 Å². The van der Waals surface area contributed by atoms with Gasteiger partial charge in [-0.05, 0) is 63.1 Å². The van der Waals surface area contributed by atoms with Crippen molar-refractivity contribution in [3.05, 3.63) is 57.0 Å². The number of halogens is 3. The lowest BCUT2D eigenvalue weighted by Gasteiger charge is -2.34. The van der Waals surface area contributed by atoms with E-state index in [9.17, 15) is 18.0 Å². The molecule has 204 valence electrons. The van der Waals surface area contributed by atoms with Gasteiger partial charge in [-0.1, -0.05) is 47.8 Å². The van der Waals surface area contributed by atoms with Crippen molar-refractivity contribution in [2.75, 3.05) is 24.2 Å². The van der Waals surface area contributed by atoms with E-state index in [2.05, 4.69) is 5.32 Å². The highest BCUT2D eigenvalue weighted by molar-refractivity contribution is 7.92. The zero-order chi connectivity index (χ0) is 28.1. The van der Waals surface area contributed by atoms with E-state index in [0.717, 1.165) is 10.6 Å². The number of hydrogen-bond donors (Lipinski definition) is 1. The molecule has 2 aromatic rings. The number of ether oxygens (including phenoxy) is 1. The predicted octanol–water partition coefficient (Wildman–Crippen LogP) is 5.14. The van der Waals surface area contributed by atoms with Crippen molar-refractivity contribution >= 4 is 62.3 Å². The second kappa shape index (κ2) is 12.6. The van der Waals surface area contributed by atoms with E-state index in [1.807, 2.05) is 20.8 Å². The minimum atomic E-state index is -3.95. The molecule has 0 aliphatic carbocycles. The van der Waals surface area contributed by atoms with Crippen LogP contribution in [0.25, 0.3) is 0 Å². The Morgan fingerprint density at radius 2 is 1.70 bits per heavy atom. The van der Waals surface area contributed by atoms with Crippen molar-refractivity contribution in [1.82, 2.24) is 10.2 Å². The first-order chi connectivity index (χ1) is 17.1. The molecule has 0 bridgehead atoms. The third-order valence-corrected chi connectivity index (χ3v) is 7.41. The topological polar surface area (TPSA) is 96.0 Å². The summed E-state index contributed by atoms with van der Waals surface area (Å²) in [6.07, 6.45) is 1.27. The summed E-state index contributed by atoms with van der Waals surface area (Å²) in [5.74, 6) is -0.750. The van der Waals surface area contributed by atoms with Crippen LogP contribution in [0.1, 0.15) is 39.7 Å². The van der Waals surface area contributed by atoms with Crippen LogP contribution in [0.2, 0.25) is 15.1 Å². The molecule has 0 aliphatic rings. The van der Waals surface area contributed by atoms with Gasteiger partial charge >= 0.3 is 0 Å². The van der Waals surface area contributed by atoms with Crippen molar-refractivity contribution in [2.24, 2.45) is 0 Å². The molecule has 0 heterocycles. The maximum absolute atomic E-state index is 13.8. The lowest BCUT2D eigenvalue weighted by molar-refractivity contribution is -0.141. The molecule has 0 aliphatic heterocycles. The number of benzene rings is 2. The smallest absolute Gasteiger partial charge is 0.244 e. The average Bonchev–Trinajstić information content (AvgIpc) is 2.77. The highest BCUT2D eigenvalue weighted by Crippen LogP contribution is 2.33. The van der Waals surface area contributed by atoms with Crippen molar-refractivity contribution < 1.29 is 22.7 Å². The van der Waals surface area contributed by atoms with Gasteiger partial charge < -0.3 is 15.0 Å². The predicted molar refractivity (Wildman–Crippen MR) is 149 cm³/mol. The summed E-state index contributed by atoms with van der Waals surface area (Å²) in [5.41, 5.74) is 0.180. The third kappa shape index (κ3) is 8.67. The number of hydrogen-bond acceptors (Lipinski definition) is 5. The van der Waals surface area contributed by atoms with Crippen LogP contribution in [0.15, 0.2) is 36.4 Å². The zero-order valence-electron chi connectivity index (χ0n) is 21.6. The molecule has 0 aromatic heterocycles. The first-order valence-electron chi connectivity index (χ1n) is 11.4. The summed E-state index contributed by atoms with van der Waals surface area (Å²) in [6, 6.07) is 8.47. The Bertz CT molecular complexity index is 1250. The SMILES string of the molecule is CC[C@@H](C(=O)NC(C)(C)C)N(Cc1ccc(Cl)c(Cl)c1)C(=O)CN(c1cc(Cl)ccc1OC)S(C)(=O)=O. The summed E-state index contributed by atoms with van der Waals surface area (Å²) in [5, 5.41) is 3.80. The molecule has 8 nitrogen and oxygen atoms in total. The van der Waals surface area contributed by atoms with Crippen LogP contribution < -0.4 is 14.4 Å². The molecular formula is C25H32Cl3N3O5S. The highest BCUT2D eigenvalue weighted by Gasteiger charge is 2.33. The summed E-state index contributed by atoms with van der Waals surface area (Å²) in [4.78, 5) is 28.4. The zero-order valence-corrected chi connectivity index (χ0v) is 24.7. The lowest BCUT2D eigenvalue weighted by atomic mass is 10.1. The van der Waals surface area contributed by atoms with Crippen LogP contribution in [0.4, 0.5) is 5.69 Å². The van der Waals surface area contributed by atoms with E-state index in [1.165, 1.54) is 24.1 Å². The molecule has 37 heavy (non-hydrogen) atoms. The molecule has 0 unspecified atom stereocenters. The van der Waals surface area contributed by atoms with Crippen molar-refractivity contribution in [3.8, 4) is 5.75 Å². The number of sulfonamides is 1. The first kappa shape index (κ1) is 31.0. The number of nitrogens with zero attached hydrogens (tertiary/aromatic N) is 2. The molecule has 1 N–H and O–H groups in total. The van der Waals surface area contributed by atoms with E-state index in [0.29, 0.717) is 15.6 Å². The molecule has 0 saturated carbocycles. The Labute approximate surface area is 233 Å². The van der Waals surface area contributed by atoms with Crippen LogP contribution >= 0.6 is 34.8 Å². The summed E-state index contributed by atoms with van der Waals surface area (Å²) in [7, 11) is -2.57. The van der Waals surface area contributed by atoms with Crippen molar-refractivity contribution in [1.29, 1.82) is 0 Å². The van der Waals surface area contributed by atoms with E-state index >= 15 is 0 Å². The number of carbonyl (C=O) groups is 2. The van der Waals surface area contributed by atoms with Gasteiger partial charge in [0.25, 0.3) is 0 Å². The molecule has 0 spiro atoms. The molecular weight excluding hydrogens is 561 g/mol. The van der Waals surface area contributed by atoms with Gasteiger partial charge in [0.1, 0.15) is 18.3 Å². The Morgan fingerprint density at radius 3 is 2.22 bits per heavy atom. The Kier molecular flexibility index (Phi) is 10.5. The second-order valence-electron chi connectivity index (χ2n) is 9.52. The van der Waals surface area contributed by atoms with Gasteiger partial charge in [-0.25, -0.2) is 8.42 Å². The minimum Gasteiger partial charge on any atom is -0.495 e. The third-order valence-electron chi connectivity index (χ3n) is 5.31. The molecule has 0 fully saturated rings. The van der Waals surface area contributed by atoms with E-state index < -0.39 is 34.1 Å². The van der Waals surface area contributed by atoms with Crippen LogP contribution in [0, 0.1) is 0 Å². The number of rotatable bonds is 10. The highest BCUT2D eigenvalue weighted by atomic mass is 35.5. The second-order valence-corrected chi connectivity index (χ2v) is 12.7. The van der Waals surface area contributed by atoms with Crippen LogP contribution in [-0.4, -0.2) is 56.6 Å². The van der Waals surface area contributed by atoms with Crippen molar-refractivity contribution in [2.45, 2.75) is 52.2 Å². The van der Waals surface area contributed by atoms with Crippen LogP contribution in [0.5, 0.6) is 5.75 Å². The van der Waals surface area contributed by atoms with Gasteiger partial charge in [0.15, 0.2) is 0 Å². The largest absolute Gasteiger partial charge is 0.495 e. The quantitative estimate of drug-likeness (QED) is 0.412. The van der Waals surface area contributed by atoms with Gasteiger partial charge in [0.2, 0.25) is 21.8 Å². The Balaban J connectivity index is 2.55. The van der Waals surface area contributed by atoms with Gasteiger partial charge in [-0.3, -0.25) is 13.9 Å². The van der Waals surface area contributed by atoms with E-state index in [-0.39, 0.29) is 35.3 Å². The molecule has 0 radical (unpaired) electrons. The fraction of sp³-hybridized carbons (Fsp3) is 0.440.